The molecule has 0 radical (unpaired) electrons. The highest BCUT2D eigenvalue weighted by Crippen LogP contribution is 2.28. The van der Waals surface area contributed by atoms with Crippen LogP contribution in [0.2, 0.25) is 0 Å². The van der Waals surface area contributed by atoms with Gasteiger partial charge in [0.15, 0.2) is 11.4 Å². The standard InChI is InChI=1S/C22H21N5O4/c1-13-20-16(11-17(18-5-4-10-31-18)25-21(20)27(2)26-13)22(29)24-15-8-6-14(7-9-15)23-19(28)12-30-3/h4-11H,12H2,1-3H3,(H,23,28)(H,24,29). The molecule has 9 heteroatoms. The van der Waals surface area contributed by atoms with Crippen LogP contribution < -0.4 is 10.6 Å². The fourth-order valence-corrected chi connectivity index (χ4v) is 3.34. The van der Waals surface area contributed by atoms with E-state index in [-0.39, 0.29) is 18.4 Å². The van der Waals surface area contributed by atoms with Crippen LogP contribution in [0.25, 0.3) is 22.5 Å². The molecule has 3 aromatic heterocycles. The number of aromatic nitrogens is 3. The first-order valence-corrected chi connectivity index (χ1v) is 9.54. The Bertz CT molecular complexity index is 1240. The lowest BCUT2D eigenvalue weighted by molar-refractivity contribution is -0.119. The zero-order valence-corrected chi connectivity index (χ0v) is 17.3. The Balaban J connectivity index is 1.64. The highest BCUT2D eigenvalue weighted by atomic mass is 16.5. The predicted octanol–water partition coefficient (Wildman–Crippen LogP) is 3.37. The zero-order valence-electron chi connectivity index (χ0n) is 17.3. The number of fused-ring (bicyclic) bond motifs is 1. The van der Waals surface area contributed by atoms with E-state index in [1.54, 1.807) is 60.5 Å². The van der Waals surface area contributed by atoms with Crippen molar-refractivity contribution in [3.05, 3.63) is 60.0 Å². The lowest BCUT2D eigenvalue weighted by atomic mass is 10.1. The van der Waals surface area contributed by atoms with Crippen LogP contribution in [0.1, 0.15) is 16.1 Å². The van der Waals surface area contributed by atoms with Gasteiger partial charge in [-0.2, -0.15) is 5.10 Å². The highest BCUT2D eigenvalue weighted by Gasteiger charge is 2.20. The SMILES string of the molecule is COCC(=O)Nc1ccc(NC(=O)c2cc(-c3ccco3)nc3c2c(C)nn3C)cc1. The summed E-state index contributed by atoms with van der Waals surface area (Å²) in [4.78, 5) is 29.4. The Morgan fingerprint density at radius 2 is 1.84 bits per heavy atom. The number of anilines is 2. The van der Waals surface area contributed by atoms with Crippen LogP contribution in [0.4, 0.5) is 11.4 Å². The Labute approximate surface area is 178 Å². The van der Waals surface area contributed by atoms with Crippen molar-refractivity contribution in [1.82, 2.24) is 14.8 Å². The molecule has 1 aromatic carbocycles. The summed E-state index contributed by atoms with van der Waals surface area (Å²) in [5, 5.41) is 10.7. The number of methoxy groups -OCH3 is 1. The molecule has 4 aromatic rings. The van der Waals surface area contributed by atoms with Gasteiger partial charge in [0.25, 0.3) is 5.91 Å². The third-order valence-electron chi connectivity index (χ3n) is 4.69. The molecular weight excluding hydrogens is 398 g/mol. The molecule has 2 amide bonds. The number of pyridine rings is 1. The van der Waals surface area contributed by atoms with E-state index in [1.165, 1.54) is 7.11 Å². The van der Waals surface area contributed by atoms with Crippen LogP contribution in [-0.4, -0.2) is 40.3 Å². The van der Waals surface area contributed by atoms with Crippen LogP contribution in [0.15, 0.2) is 53.1 Å². The average Bonchev–Trinajstić information content (AvgIpc) is 3.38. The van der Waals surface area contributed by atoms with Crippen molar-refractivity contribution in [3.63, 3.8) is 0 Å². The number of aryl methyl sites for hydroxylation is 2. The first kappa shape index (κ1) is 20.3. The van der Waals surface area contributed by atoms with E-state index in [1.807, 2.05) is 6.92 Å². The van der Waals surface area contributed by atoms with Gasteiger partial charge >= 0.3 is 0 Å². The van der Waals surface area contributed by atoms with Gasteiger partial charge in [0.1, 0.15) is 12.3 Å². The summed E-state index contributed by atoms with van der Waals surface area (Å²) in [7, 11) is 3.24. The molecule has 0 fully saturated rings. The van der Waals surface area contributed by atoms with Gasteiger partial charge in [-0.3, -0.25) is 14.3 Å². The smallest absolute Gasteiger partial charge is 0.256 e. The van der Waals surface area contributed by atoms with Crippen molar-refractivity contribution < 1.29 is 18.7 Å². The molecule has 0 bridgehead atoms. The van der Waals surface area contributed by atoms with E-state index in [4.69, 9.17) is 9.15 Å². The van der Waals surface area contributed by atoms with Gasteiger partial charge in [0.2, 0.25) is 5.91 Å². The van der Waals surface area contributed by atoms with E-state index in [0.29, 0.717) is 45.1 Å². The molecule has 9 nitrogen and oxygen atoms in total. The molecule has 0 unspecified atom stereocenters. The number of furan rings is 1. The van der Waals surface area contributed by atoms with Crippen molar-refractivity contribution >= 4 is 34.2 Å². The number of benzene rings is 1. The molecule has 4 rings (SSSR count). The Morgan fingerprint density at radius 3 is 2.48 bits per heavy atom. The van der Waals surface area contributed by atoms with Crippen molar-refractivity contribution in [1.29, 1.82) is 0 Å². The van der Waals surface area contributed by atoms with Gasteiger partial charge in [-0.05, 0) is 49.4 Å². The number of carbonyl (C=O) groups is 2. The molecular formula is C22H21N5O4. The number of hydrogen-bond acceptors (Lipinski definition) is 6. The Hall–Kier alpha value is -3.98. The maximum Gasteiger partial charge on any atom is 0.256 e. The number of nitrogens with zero attached hydrogens (tertiary/aromatic N) is 3. The summed E-state index contributed by atoms with van der Waals surface area (Å²) in [6.07, 6.45) is 1.56. The van der Waals surface area contributed by atoms with Gasteiger partial charge < -0.3 is 19.8 Å². The molecule has 0 aliphatic carbocycles. The molecule has 3 heterocycles. The topological polar surface area (TPSA) is 111 Å². The minimum atomic E-state index is -0.299. The molecule has 0 saturated heterocycles. The largest absolute Gasteiger partial charge is 0.463 e. The predicted molar refractivity (Wildman–Crippen MR) is 116 cm³/mol. The summed E-state index contributed by atoms with van der Waals surface area (Å²) in [6.45, 7) is 1.81. The summed E-state index contributed by atoms with van der Waals surface area (Å²) in [6, 6.07) is 12.1. The summed E-state index contributed by atoms with van der Waals surface area (Å²) >= 11 is 0. The van der Waals surface area contributed by atoms with Gasteiger partial charge in [-0.15, -0.1) is 0 Å². The van der Waals surface area contributed by atoms with Crippen molar-refractivity contribution in [2.24, 2.45) is 7.05 Å². The van der Waals surface area contributed by atoms with Gasteiger partial charge in [-0.25, -0.2) is 4.98 Å². The van der Waals surface area contributed by atoms with Crippen LogP contribution in [0, 0.1) is 6.92 Å². The van der Waals surface area contributed by atoms with E-state index >= 15 is 0 Å². The monoisotopic (exact) mass is 419 g/mol. The van der Waals surface area contributed by atoms with E-state index in [2.05, 4.69) is 20.7 Å². The molecule has 0 atom stereocenters. The third-order valence-corrected chi connectivity index (χ3v) is 4.69. The number of carbonyl (C=O) groups excluding carboxylic acids is 2. The van der Waals surface area contributed by atoms with Crippen molar-refractivity contribution in [3.8, 4) is 11.5 Å². The van der Waals surface area contributed by atoms with E-state index in [9.17, 15) is 9.59 Å². The van der Waals surface area contributed by atoms with E-state index < -0.39 is 0 Å². The van der Waals surface area contributed by atoms with Crippen molar-refractivity contribution in [2.75, 3.05) is 24.4 Å². The molecule has 0 saturated carbocycles. The molecule has 158 valence electrons. The molecule has 0 spiro atoms. The van der Waals surface area contributed by atoms with Crippen LogP contribution in [-0.2, 0) is 16.6 Å². The third kappa shape index (κ3) is 4.17. The maximum absolute atomic E-state index is 13.2. The number of hydrogen-bond donors (Lipinski definition) is 2. The van der Waals surface area contributed by atoms with Gasteiger partial charge in [-0.1, -0.05) is 0 Å². The number of rotatable bonds is 6. The van der Waals surface area contributed by atoms with Crippen LogP contribution >= 0.6 is 0 Å². The first-order valence-electron chi connectivity index (χ1n) is 9.54. The van der Waals surface area contributed by atoms with Crippen LogP contribution in [0.3, 0.4) is 0 Å². The summed E-state index contributed by atoms with van der Waals surface area (Å²) in [5.74, 6) is 0.00871. The lowest BCUT2D eigenvalue weighted by Crippen LogP contribution is -2.17. The second-order valence-electron chi connectivity index (χ2n) is 6.95. The fraction of sp³-hybridized carbons (Fsp3) is 0.182. The number of ether oxygens (including phenoxy) is 1. The minimum absolute atomic E-state index is 0.0288. The minimum Gasteiger partial charge on any atom is -0.463 e. The maximum atomic E-state index is 13.2. The van der Waals surface area contributed by atoms with Gasteiger partial charge in [0, 0.05) is 25.5 Å². The Kier molecular flexibility index (Phi) is 5.50. The average molecular weight is 419 g/mol. The highest BCUT2D eigenvalue weighted by molar-refractivity contribution is 6.13. The molecule has 31 heavy (non-hydrogen) atoms. The van der Waals surface area contributed by atoms with Gasteiger partial charge in [0.05, 0.1) is 22.9 Å². The second kappa shape index (κ2) is 8.41. The molecule has 0 aliphatic heterocycles. The van der Waals surface area contributed by atoms with E-state index in [0.717, 1.165) is 0 Å². The quantitative estimate of drug-likeness (QED) is 0.496. The number of nitrogens with one attached hydrogen (secondary N) is 2. The Morgan fingerprint density at radius 1 is 1.13 bits per heavy atom. The first-order chi connectivity index (χ1) is 15.0. The second-order valence-corrected chi connectivity index (χ2v) is 6.95. The fourth-order valence-electron chi connectivity index (χ4n) is 3.34. The molecule has 2 N–H and O–H groups in total. The summed E-state index contributed by atoms with van der Waals surface area (Å²) < 4.78 is 11.9. The summed E-state index contributed by atoms with van der Waals surface area (Å²) in [5.41, 5.74) is 3.47. The number of amides is 2. The zero-order chi connectivity index (χ0) is 22.0. The molecule has 0 aliphatic rings. The normalized spacial score (nSPS) is 10.9. The lowest BCUT2D eigenvalue weighted by Gasteiger charge is -2.10. The van der Waals surface area contributed by atoms with Crippen molar-refractivity contribution in [2.45, 2.75) is 6.92 Å². The van der Waals surface area contributed by atoms with Crippen LogP contribution in [0.5, 0.6) is 0 Å².